The maximum atomic E-state index is 5.67. The fraction of sp³-hybridized carbons (Fsp3) is 0.188. The number of para-hydroxylation sites is 1. The zero-order valence-corrected chi connectivity index (χ0v) is 13.1. The van der Waals surface area contributed by atoms with Gasteiger partial charge in [0.05, 0.1) is 22.5 Å². The highest BCUT2D eigenvalue weighted by molar-refractivity contribution is 9.10. The molecule has 20 heavy (non-hydrogen) atoms. The molecular formula is C16H17BrN2O. The molecule has 4 heteroatoms. The zero-order valence-electron chi connectivity index (χ0n) is 11.5. The van der Waals surface area contributed by atoms with Crippen LogP contribution in [0.3, 0.4) is 0 Å². The number of anilines is 1. The van der Waals surface area contributed by atoms with Gasteiger partial charge >= 0.3 is 0 Å². The van der Waals surface area contributed by atoms with E-state index in [-0.39, 0.29) is 6.10 Å². The Hall–Kier alpha value is -1.81. The van der Waals surface area contributed by atoms with E-state index in [2.05, 4.69) is 26.5 Å². The highest BCUT2D eigenvalue weighted by Crippen LogP contribution is 2.26. The molecule has 0 heterocycles. The first-order valence-electron chi connectivity index (χ1n) is 6.45. The van der Waals surface area contributed by atoms with E-state index >= 15 is 0 Å². The average Bonchev–Trinajstić information content (AvgIpc) is 2.43. The van der Waals surface area contributed by atoms with E-state index in [0.717, 1.165) is 21.5 Å². The van der Waals surface area contributed by atoms with Gasteiger partial charge in [-0.25, -0.2) is 0 Å². The number of hydrogen-bond donors (Lipinski definition) is 1. The molecule has 0 bridgehead atoms. The number of halogens is 1. The minimum absolute atomic E-state index is 0.158. The second-order valence-corrected chi connectivity index (χ2v) is 5.45. The highest BCUT2D eigenvalue weighted by Gasteiger charge is 2.03. The molecule has 3 nitrogen and oxygen atoms in total. The predicted octanol–water partition coefficient (Wildman–Crippen LogP) is 4.68. The van der Waals surface area contributed by atoms with E-state index in [4.69, 9.17) is 4.74 Å². The third-order valence-corrected chi connectivity index (χ3v) is 3.12. The quantitative estimate of drug-likeness (QED) is 0.636. The largest absolute Gasteiger partial charge is 0.490 e. The smallest absolute Gasteiger partial charge is 0.133 e. The van der Waals surface area contributed by atoms with Crippen molar-refractivity contribution in [2.45, 2.75) is 20.0 Å². The summed E-state index contributed by atoms with van der Waals surface area (Å²) in [5.41, 5.74) is 4.94. The Bertz CT molecular complexity index is 582. The van der Waals surface area contributed by atoms with E-state index in [1.54, 1.807) is 6.21 Å². The van der Waals surface area contributed by atoms with Crippen molar-refractivity contribution in [3.8, 4) is 5.75 Å². The fourth-order valence-corrected chi connectivity index (χ4v) is 2.13. The van der Waals surface area contributed by atoms with E-state index < -0.39 is 0 Å². The lowest BCUT2D eigenvalue weighted by Crippen LogP contribution is -2.06. The lowest BCUT2D eigenvalue weighted by atomic mass is 10.2. The van der Waals surface area contributed by atoms with E-state index in [1.165, 1.54) is 0 Å². The van der Waals surface area contributed by atoms with Gasteiger partial charge in [-0.2, -0.15) is 5.10 Å². The van der Waals surface area contributed by atoms with Gasteiger partial charge in [0.2, 0.25) is 0 Å². The predicted molar refractivity (Wildman–Crippen MR) is 87.6 cm³/mol. The van der Waals surface area contributed by atoms with Gasteiger partial charge in [-0.3, -0.25) is 5.43 Å². The van der Waals surface area contributed by atoms with Gasteiger partial charge in [-0.05, 0) is 65.7 Å². The van der Waals surface area contributed by atoms with Crippen LogP contribution in [0.2, 0.25) is 0 Å². The zero-order chi connectivity index (χ0) is 14.4. The Morgan fingerprint density at radius 2 is 1.90 bits per heavy atom. The van der Waals surface area contributed by atoms with Crippen molar-refractivity contribution in [1.82, 2.24) is 0 Å². The van der Waals surface area contributed by atoms with Crippen molar-refractivity contribution in [2.24, 2.45) is 5.10 Å². The average molecular weight is 333 g/mol. The highest BCUT2D eigenvalue weighted by atomic mass is 79.9. The molecular weight excluding hydrogens is 316 g/mol. The van der Waals surface area contributed by atoms with Gasteiger partial charge in [-0.1, -0.05) is 18.2 Å². The monoisotopic (exact) mass is 332 g/mol. The van der Waals surface area contributed by atoms with Crippen LogP contribution >= 0.6 is 15.9 Å². The Labute approximate surface area is 127 Å². The first-order valence-corrected chi connectivity index (χ1v) is 7.25. The molecule has 0 radical (unpaired) electrons. The summed E-state index contributed by atoms with van der Waals surface area (Å²) in [4.78, 5) is 0. The van der Waals surface area contributed by atoms with Crippen molar-refractivity contribution in [3.05, 3.63) is 58.6 Å². The lowest BCUT2D eigenvalue weighted by molar-refractivity contribution is 0.241. The second-order valence-electron chi connectivity index (χ2n) is 4.59. The number of nitrogens with zero attached hydrogens (tertiary/aromatic N) is 1. The lowest BCUT2D eigenvalue weighted by Gasteiger charge is -2.11. The van der Waals surface area contributed by atoms with Gasteiger partial charge in [0, 0.05) is 0 Å². The first-order chi connectivity index (χ1) is 9.65. The van der Waals surface area contributed by atoms with Crippen LogP contribution in [-0.2, 0) is 0 Å². The Kier molecular flexibility index (Phi) is 5.18. The summed E-state index contributed by atoms with van der Waals surface area (Å²) >= 11 is 3.51. The van der Waals surface area contributed by atoms with Crippen LogP contribution in [0.5, 0.6) is 5.75 Å². The van der Waals surface area contributed by atoms with E-state index in [0.29, 0.717) is 0 Å². The molecule has 0 saturated heterocycles. The summed E-state index contributed by atoms with van der Waals surface area (Å²) in [6.07, 6.45) is 1.93. The van der Waals surface area contributed by atoms with Crippen LogP contribution in [0, 0.1) is 0 Å². The number of nitrogens with one attached hydrogen (secondary N) is 1. The summed E-state index contributed by atoms with van der Waals surface area (Å²) in [6.45, 7) is 4.01. The molecule has 0 saturated carbocycles. The number of hydrogen-bond acceptors (Lipinski definition) is 3. The summed E-state index contributed by atoms with van der Waals surface area (Å²) in [7, 11) is 0. The van der Waals surface area contributed by atoms with Gasteiger partial charge < -0.3 is 4.74 Å². The number of hydrazone groups is 1. The van der Waals surface area contributed by atoms with Crippen molar-refractivity contribution < 1.29 is 4.74 Å². The molecule has 0 spiro atoms. The number of ether oxygens (including phenoxy) is 1. The Morgan fingerprint density at radius 3 is 2.55 bits per heavy atom. The molecule has 1 N–H and O–H groups in total. The summed E-state index contributed by atoms with van der Waals surface area (Å²) in [5.74, 6) is 0.841. The summed E-state index contributed by atoms with van der Waals surface area (Å²) in [6, 6.07) is 15.7. The summed E-state index contributed by atoms with van der Waals surface area (Å²) in [5, 5.41) is 4.21. The molecule has 0 aliphatic rings. The third-order valence-electron chi connectivity index (χ3n) is 2.50. The molecule has 104 valence electrons. The van der Waals surface area contributed by atoms with Crippen molar-refractivity contribution >= 4 is 27.8 Å². The van der Waals surface area contributed by atoms with Crippen LogP contribution in [0.25, 0.3) is 0 Å². The molecule has 2 aromatic carbocycles. The van der Waals surface area contributed by atoms with E-state index in [9.17, 15) is 0 Å². The SMILES string of the molecule is CC(C)Oc1ccc(/C=N/Nc2ccccc2)cc1Br. The number of benzene rings is 2. The van der Waals surface area contributed by atoms with Crippen LogP contribution in [0.15, 0.2) is 58.1 Å². The molecule has 0 atom stereocenters. The van der Waals surface area contributed by atoms with Crippen LogP contribution in [0.1, 0.15) is 19.4 Å². The molecule has 0 unspecified atom stereocenters. The van der Waals surface area contributed by atoms with Crippen LogP contribution in [-0.4, -0.2) is 12.3 Å². The number of rotatable bonds is 5. The Morgan fingerprint density at radius 1 is 1.15 bits per heavy atom. The third kappa shape index (κ3) is 4.38. The topological polar surface area (TPSA) is 33.6 Å². The minimum Gasteiger partial charge on any atom is -0.490 e. The second kappa shape index (κ2) is 7.10. The minimum atomic E-state index is 0.158. The van der Waals surface area contributed by atoms with Crippen LogP contribution < -0.4 is 10.2 Å². The maximum absolute atomic E-state index is 5.67. The van der Waals surface area contributed by atoms with Gasteiger partial charge in [0.1, 0.15) is 5.75 Å². The molecule has 0 aliphatic carbocycles. The molecule has 0 fully saturated rings. The molecule has 2 aromatic rings. The molecule has 0 amide bonds. The fourth-order valence-electron chi connectivity index (χ4n) is 1.64. The van der Waals surface area contributed by atoms with E-state index in [1.807, 2.05) is 62.4 Å². The molecule has 0 aromatic heterocycles. The standard InChI is InChI=1S/C16H17BrN2O/c1-12(2)20-16-9-8-13(10-15(16)17)11-18-19-14-6-4-3-5-7-14/h3-12,19H,1-2H3/b18-11+. The van der Waals surface area contributed by atoms with Gasteiger partial charge in [-0.15, -0.1) is 0 Å². The van der Waals surface area contributed by atoms with Crippen molar-refractivity contribution in [1.29, 1.82) is 0 Å². The van der Waals surface area contributed by atoms with Crippen molar-refractivity contribution in [3.63, 3.8) is 0 Å². The van der Waals surface area contributed by atoms with Gasteiger partial charge in [0.25, 0.3) is 0 Å². The first kappa shape index (κ1) is 14.6. The normalized spacial score (nSPS) is 11.0. The van der Waals surface area contributed by atoms with Crippen molar-refractivity contribution in [2.75, 3.05) is 5.43 Å². The maximum Gasteiger partial charge on any atom is 0.133 e. The van der Waals surface area contributed by atoms with Crippen LogP contribution in [0.4, 0.5) is 5.69 Å². The summed E-state index contributed by atoms with van der Waals surface area (Å²) < 4.78 is 6.59. The van der Waals surface area contributed by atoms with Gasteiger partial charge in [0.15, 0.2) is 0 Å². The molecule has 2 rings (SSSR count). The molecule has 0 aliphatic heterocycles. The Balaban J connectivity index is 2.01.